The molecule has 1 aromatic rings. The molecule has 0 unspecified atom stereocenters. The Hall–Kier alpha value is -2.20. The minimum absolute atomic E-state index is 0.223. The van der Waals surface area contributed by atoms with Crippen molar-refractivity contribution in [3.05, 3.63) is 40.3 Å². The molecule has 0 spiro atoms. The molecule has 0 saturated heterocycles. The molecule has 0 aliphatic heterocycles. The summed E-state index contributed by atoms with van der Waals surface area (Å²) in [6, 6.07) is 6.75. The van der Waals surface area contributed by atoms with E-state index in [0.29, 0.717) is 5.75 Å². The Balaban J connectivity index is 2.65. The molecule has 6 heteroatoms. The van der Waals surface area contributed by atoms with Crippen molar-refractivity contribution in [1.29, 1.82) is 0 Å². The lowest BCUT2D eigenvalue weighted by Gasteiger charge is -2.03. The fourth-order valence-corrected chi connectivity index (χ4v) is 0.992. The number of nitrogens with zero attached hydrogens (tertiary/aromatic N) is 3. The maximum absolute atomic E-state index is 10.2. The third-order valence-electron chi connectivity index (χ3n) is 1.58. The van der Waals surface area contributed by atoms with Crippen molar-refractivity contribution < 1.29 is 14.6 Å². The molecule has 0 atom stereocenters. The molecule has 1 aromatic carbocycles. The highest BCUT2D eigenvalue weighted by Crippen LogP contribution is 2.13. The second kappa shape index (κ2) is 5.51. The number of hydrogen-bond donors (Lipinski definition) is 1. The maximum atomic E-state index is 10.2. The fraction of sp³-hybridized carbons (Fsp3) is 0.222. The number of carboxylic acid groups (broad SMARTS) is 1. The Bertz CT molecular complexity index is 399. The minimum atomic E-state index is -1.03. The third kappa shape index (κ3) is 4.02. The lowest BCUT2D eigenvalue weighted by Crippen LogP contribution is -2.09. The van der Waals surface area contributed by atoms with E-state index >= 15 is 0 Å². The van der Waals surface area contributed by atoms with Gasteiger partial charge in [-0.15, -0.1) is 0 Å². The van der Waals surface area contributed by atoms with Crippen LogP contribution in [0.5, 0.6) is 5.75 Å². The van der Waals surface area contributed by atoms with Crippen molar-refractivity contribution in [1.82, 2.24) is 0 Å². The van der Waals surface area contributed by atoms with Gasteiger partial charge in [0, 0.05) is 4.91 Å². The Morgan fingerprint density at radius 2 is 2.40 bits per heavy atom. The Labute approximate surface area is 85.7 Å². The number of carbonyl (C=O) groups is 1. The second-order valence-electron chi connectivity index (χ2n) is 2.72. The summed E-state index contributed by atoms with van der Waals surface area (Å²) < 4.78 is 4.95. The topological polar surface area (TPSA) is 95.3 Å². The van der Waals surface area contributed by atoms with Gasteiger partial charge in [-0.05, 0) is 23.2 Å². The second-order valence-corrected chi connectivity index (χ2v) is 2.72. The van der Waals surface area contributed by atoms with Gasteiger partial charge in [0.25, 0.3) is 0 Å². The van der Waals surface area contributed by atoms with Crippen molar-refractivity contribution in [2.75, 3.05) is 6.61 Å². The van der Waals surface area contributed by atoms with Crippen LogP contribution in [0.15, 0.2) is 29.4 Å². The number of ether oxygens (including phenoxy) is 1. The lowest BCUT2D eigenvalue weighted by atomic mass is 10.2. The molecule has 0 saturated carbocycles. The van der Waals surface area contributed by atoms with Gasteiger partial charge in [-0.2, -0.15) is 0 Å². The quantitative estimate of drug-likeness (QED) is 0.454. The molecule has 0 radical (unpaired) electrons. The molecule has 0 fully saturated rings. The van der Waals surface area contributed by atoms with Crippen LogP contribution < -0.4 is 4.74 Å². The zero-order valence-corrected chi connectivity index (χ0v) is 7.83. The van der Waals surface area contributed by atoms with Gasteiger partial charge >= 0.3 is 5.97 Å². The first kappa shape index (κ1) is 10.9. The molecule has 1 rings (SSSR count). The van der Waals surface area contributed by atoms with Crippen LogP contribution in [0.1, 0.15) is 5.56 Å². The first-order valence-electron chi connectivity index (χ1n) is 4.17. The number of carboxylic acids is 1. The molecule has 78 valence electrons. The first-order chi connectivity index (χ1) is 7.22. The van der Waals surface area contributed by atoms with Crippen LogP contribution in [0.25, 0.3) is 10.4 Å². The van der Waals surface area contributed by atoms with Crippen molar-refractivity contribution in [3.8, 4) is 5.75 Å². The highest BCUT2D eigenvalue weighted by Gasteiger charge is 1.99. The van der Waals surface area contributed by atoms with Gasteiger partial charge in [-0.1, -0.05) is 17.2 Å². The van der Waals surface area contributed by atoms with Crippen LogP contribution in [0.3, 0.4) is 0 Å². The SMILES string of the molecule is [N-]=[N+]=NCc1cccc(OCC(=O)O)c1. The zero-order chi connectivity index (χ0) is 11.1. The van der Waals surface area contributed by atoms with Crippen molar-refractivity contribution in [2.45, 2.75) is 6.54 Å². The summed E-state index contributed by atoms with van der Waals surface area (Å²) in [5, 5.41) is 11.8. The van der Waals surface area contributed by atoms with Gasteiger partial charge in [-0.25, -0.2) is 4.79 Å². The number of aliphatic carboxylic acids is 1. The van der Waals surface area contributed by atoms with E-state index in [1.807, 2.05) is 0 Å². The summed E-state index contributed by atoms with van der Waals surface area (Å²) in [5.74, 6) is -0.585. The first-order valence-corrected chi connectivity index (χ1v) is 4.17. The van der Waals surface area contributed by atoms with Crippen LogP contribution in [0.4, 0.5) is 0 Å². The third-order valence-corrected chi connectivity index (χ3v) is 1.58. The predicted molar refractivity (Wildman–Crippen MR) is 52.4 cm³/mol. The van der Waals surface area contributed by atoms with E-state index in [9.17, 15) is 4.79 Å². The van der Waals surface area contributed by atoms with E-state index in [4.69, 9.17) is 15.4 Å². The largest absolute Gasteiger partial charge is 0.482 e. The summed E-state index contributed by atoms with van der Waals surface area (Å²) in [6.07, 6.45) is 0. The van der Waals surface area contributed by atoms with E-state index in [1.165, 1.54) is 0 Å². The molecule has 0 heterocycles. The van der Waals surface area contributed by atoms with Crippen molar-refractivity contribution in [3.63, 3.8) is 0 Å². The van der Waals surface area contributed by atoms with E-state index in [1.54, 1.807) is 24.3 Å². The minimum Gasteiger partial charge on any atom is -0.482 e. The number of rotatable bonds is 5. The molecule has 1 N–H and O–H groups in total. The van der Waals surface area contributed by atoms with Gasteiger partial charge in [-0.3, -0.25) is 0 Å². The molecule has 0 amide bonds. The average Bonchev–Trinajstić information content (AvgIpc) is 2.24. The predicted octanol–water partition coefficient (Wildman–Crippen LogP) is 1.96. The molecule has 0 aliphatic carbocycles. The van der Waals surface area contributed by atoms with Crippen LogP contribution in [0, 0.1) is 0 Å². The van der Waals surface area contributed by atoms with Gasteiger partial charge in [0.2, 0.25) is 0 Å². The number of hydrogen-bond acceptors (Lipinski definition) is 3. The Kier molecular flexibility index (Phi) is 4.00. The maximum Gasteiger partial charge on any atom is 0.341 e. The van der Waals surface area contributed by atoms with E-state index in [2.05, 4.69) is 10.0 Å². The highest BCUT2D eigenvalue weighted by atomic mass is 16.5. The van der Waals surface area contributed by atoms with Gasteiger partial charge in [0.05, 0.1) is 6.54 Å². The molecule has 0 aromatic heterocycles. The van der Waals surface area contributed by atoms with E-state index in [-0.39, 0.29) is 13.2 Å². The van der Waals surface area contributed by atoms with Crippen LogP contribution in [-0.2, 0) is 11.3 Å². The number of azide groups is 1. The molecular formula is C9H9N3O3. The molecule has 15 heavy (non-hydrogen) atoms. The molecule has 0 bridgehead atoms. The summed E-state index contributed by atoms with van der Waals surface area (Å²) in [7, 11) is 0. The summed E-state index contributed by atoms with van der Waals surface area (Å²) in [6.45, 7) is -0.161. The zero-order valence-electron chi connectivity index (χ0n) is 7.83. The lowest BCUT2D eigenvalue weighted by molar-refractivity contribution is -0.139. The fourth-order valence-electron chi connectivity index (χ4n) is 0.992. The Morgan fingerprint density at radius 1 is 1.60 bits per heavy atom. The monoisotopic (exact) mass is 207 g/mol. The van der Waals surface area contributed by atoms with Gasteiger partial charge < -0.3 is 9.84 Å². The van der Waals surface area contributed by atoms with Gasteiger partial charge in [0.15, 0.2) is 6.61 Å². The molecule has 0 aliphatic rings. The van der Waals surface area contributed by atoms with Crippen LogP contribution >= 0.6 is 0 Å². The average molecular weight is 207 g/mol. The van der Waals surface area contributed by atoms with Crippen LogP contribution in [-0.4, -0.2) is 17.7 Å². The van der Waals surface area contributed by atoms with Crippen molar-refractivity contribution in [2.24, 2.45) is 5.11 Å². The highest BCUT2D eigenvalue weighted by molar-refractivity contribution is 5.68. The van der Waals surface area contributed by atoms with E-state index in [0.717, 1.165) is 5.56 Å². The van der Waals surface area contributed by atoms with Crippen LogP contribution in [0.2, 0.25) is 0 Å². The van der Waals surface area contributed by atoms with Gasteiger partial charge in [0.1, 0.15) is 5.75 Å². The standard InChI is InChI=1S/C9H9N3O3/c10-12-11-5-7-2-1-3-8(4-7)15-6-9(13)14/h1-4H,5-6H2,(H,13,14). The summed E-state index contributed by atoms with van der Waals surface area (Å²) in [5.41, 5.74) is 8.90. The Morgan fingerprint density at radius 3 is 3.07 bits per heavy atom. The normalized spacial score (nSPS) is 9.07. The van der Waals surface area contributed by atoms with E-state index < -0.39 is 5.97 Å². The molecule has 6 nitrogen and oxygen atoms in total. The summed E-state index contributed by atoms with van der Waals surface area (Å²) in [4.78, 5) is 12.9. The number of benzene rings is 1. The van der Waals surface area contributed by atoms with Crippen molar-refractivity contribution >= 4 is 5.97 Å². The smallest absolute Gasteiger partial charge is 0.341 e. The summed E-state index contributed by atoms with van der Waals surface area (Å²) >= 11 is 0. The molecular weight excluding hydrogens is 198 g/mol.